The number of hydrogen-bond donors (Lipinski definition) is 1. The summed E-state index contributed by atoms with van der Waals surface area (Å²) in [5.41, 5.74) is 0.188. The van der Waals surface area contributed by atoms with Crippen LogP contribution in [0.25, 0.3) is 0 Å². The fraction of sp³-hybridized carbons (Fsp3) is 0.833. The van der Waals surface area contributed by atoms with E-state index in [0.717, 1.165) is 42.0 Å². The first kappa shape index (κ1) is 15.8. The van der Waals surface area contributed by atoms with Gasteiger partial charge >= 0.3 is 5.69 Å². The average Bonchev–Trinajstić information content (AvgIpc) is 2.74. The van der Waals surface area contributed by atoms with Crippen LogP contribution in [0.1, 0.15) is 40.0 Å². The molecule has 104 valence electrons. The first-order chi connectivity index (χ1) is 8.62. The van der Waals surface area contributed by atoms with Gasteiger partial charge in [0, 0.05) is 17.6 Å². The Labute approximate surface area is 121 Å². The number of thioether (sulfide) groups is 1. The van der Waals surface area contributed by atoms with Gasteiger partial charge < -0.3 is 0 Å². The zero-order valence-electron chi connectivity index (χ0n) is 11.3. The molecule has 1 aromatic rings. The Bertz CT molecular complexity index is 403. The second-order valence-corrected chi connectivity index (χ2v) is 6.10. The van der Waals surface area contributed by atoms with Gasteiger partial charge in [0.15, 0.2) is 5.16 Å². The predicted molar refractivity (Wildman–Crippen MR) is 80.7 cm³/mol. The van der Waals surface area contributed by atoms with Gasteiger partial charge in [-0.1, -0.05) is 48.5 Å². The van der Waals surface area contributed by atoms with E-state index in [1.54, 1.807) is 16.3 Å². The Morgan fingerprint density at radius 3 is 2.56 bits per heavy atom. The van der Waals surface area contributed by atoms with Gasteiger partial charge in [-0.05, 0) is 24.7 Å². The van der Waals surface area contributed by atoms with E-state index in [-0.39, 0.29) is 11.1 Å². The van der Waals surface area contributed by atoms with Crippen molar-refractivity contribution < 1.29 is 0 Å². The van der Waals surface area contributed by atoms with Gasteiger partial charge in [0.2, 0.25) is 0 Å². The Morgan fingerprint density at radius 2 is 2.06 bits per heavy atom. The molecule has 0 aliphatic heterocycles. The molecule has 1 heterocycles. The highest BCUT2D eigenvalue weighted by Crippen LogP contribution is 2.34. The third-order valence-corrected chi connectivity index (χ3v) is 5.98. The Hall–Kier alpha value is -0.230. The molecule has 0 aromatic carbocycles. The van der Waals surface area contributed by atoms with Crippen LogP contribution in [0.4, 0.5) is 0 Å². The lowest BCUT2D eigenvalue weighted by Crippen LogP contribution is -2.24. The standard InChI is InChI=1S/C12H22BrN3OS/c1-4-7-16-10(17)14-15-11(16)18-9-12(5-2,6-3)8-13/h4-9H2,1-3H3,(H,14,17). The molecule has 18 heavy (non-hydrogen) atoms. The van der Waals surface area contributed by atoms with Gasteiger partial charge in [-0.15, -0.1) is 5.10 Å². The van der Waals surface area contributed by atoms with Crippen LogP contribution < -0.4 is 5.69 Å². The lowest BCUT2D eigenvalue weighted by Gasteiger charge is -2.28. The summed E-state index contributed by atoms with van der Waals surface area (Å²) in [6.07, 6.45) is 3.20. The van der Waals surface area contributed by atoms with Crippen LogP contribution in [0.15, 0.2) is 9.95 Å². The number of nitrogens with zero attached hydrogens (tertiary/aromatic N) is 2. The lowest BCUT2D eigenvalue weighted by molar-refractivity contribution is 0.358. The van der Waals surface area contributed by atoms with E-state index in [9.17, 15) is 4.79 Å². The fourth-order valence-electron chi connectivity index (χ4n) is 1.73. The van der Waals surface area contributed by atoms with Crippen molar-refractivity contribution in [3.8, 4) is 0 Å². The van der Waals surface area contributed by atoms with Crippen molar-refractivity contribution in [2.45, 2.75) is 51.7 Å². The van der Waals surface area contributed by atoms with E-state index in [1.807, 2.05) is 0 Å². The van der Waals surface area contributed by atoms with Gasteiger partial charge in [-0.25, -0.2) is 9.89 Å². The van der Waals surface area contributed by atoms with Crippen molar-refractivity contribution >= 4 is 27.7 Å². The van der Waals surface area contributed by atoms with Crippen LogP contribution in [-0.4, -0.2) is 25.8 Å². The third-order valence-electron chi connectivity index (χ3n) is 3.46. The maximum Gasteiger partial charge on any atom is 0.343 e. The van der Waals surface area contributed by atoms with E-state index < -0.39 is 0 Å². The average molecular weight is 336 g/mol. The topological polar surface area (TPSA) is 50.7 Å². The minimum Gasteiger partial charge on any atom is -0.270 e. The molecule has 0 saturated heterocycles. The number of alkyl halides is 1. The molecule has 0 bridgehead atoms. The number of aromatic amines is 1. The summed E-state index contributed by atoms with van der Waals surface area (Å²) < 4.78 is 1.73. The van der Waals surface area contributed by atoms with Crippen LogP contribution in [0.3, 0.4) is 0 Å². The number of aromatic nitrogens is 3. The van der Waals surface area contributed by atoms with E-state index in [4.69, 9.17) is 0 Å². The molecule has 1 N–H and O–H groups in total. The summed E-state index contributed by atoms with van der Waals surface area (Å²) >= 11 is 5.29. The molecular weight excluding hydrogens is 314 g/mol. The fourth-order valence-corrected chi connectivity index (χ4v) is 4.37. The predicted octanol–water partition coefficient (Wildman–Crippen LogP) is 3.27. The Kier molecular flexibility index (Phi) is 6.49. The monoisotopic (exact) mass is 335 g/mol. The summed E-state index contributed by atoms with van der Waals surface area (Å²) in [5, 5.41) is 8.45. The van der Waals surface area contributed by atoms with Gasteiger partial charge in [0.1, 0.15) is 0 Å². The van der Waals surface area contributed by atoms with Crippen molar-refractivity contribution in [3.63, 3.8) is 0 Å². The summed E-state index contributed by atoms with van der Waals surface area (Å²) in [6.45, 7) is 7.23. The Balaban J connectivity index is 2.76. The summed E-state index contributed by atoms with van der Waals surface area (Å²) in [6, 6.07) is 0. The van der Waals surface area contributed by atoms with E-state index in [2.05, 4.69) is 46.9 Å². The van der Waals surface area contributed by atoms with Gasteiger partial charge in [-0.3, -0.25) is 4.57 Å². The normalized spacial score (nSPS) is 12.0. The van der Waals surface area contributed by atoms with Crippen LogP contribution in [-0.2, 0) is 6.54 Å². The summed E-state index contributed by atoms with van der Waals surface area (Å²) in [7, 11) is 0. The number of halogens is 1. The number of H-pyrrole nitrogens is 1. The molecule has 1 rings (SSSR count). The molecule has 0 spiro atoms. The number of nitrogens with one attached hydrogen (secondary N) is 1. The van der Waals surface area contributed by atoms with E-state index in [1.165, 1.54) is 0 Å². The molecule has 0 saturated carbocycles. The smallest absolute Gasteiger partial charge is 0.270 e. The SMILES string of the molecule is CCCn1c(SCC(CC)(CC)CBr)n[nH]c1=O. The highest BCUT2D eigenvalue weighted by molar-refractivity contribution is 9.09. The number of hydrogen-bond acceptors (Lipinski definition) is 3. The zero-order chi connectivity index (χ0) is 13.6. The van der Waals surface area contributed by atoms with Crippen molar-refractivity contribution in [1.82, 2.24) is 14.8 Å². The van der Waals surface area contributed by atoms with E-state index >= 15 is 0 Å². The molecule has 0 aliphatic carbocycles. The summed E-state index contributed by atoms with van der Waals surface area (Å²) in [5.74, 6) is 0.985. The second kappa shape index (κ2) is 7.38. The maximum absolute atomic E-state index is 11.6. The molecule has 6 heteroatoms. The zero-order valence-corrected chi connectivity index (χ0v) is 13.7. The Morgan fingerprint density at radius 1 is 1.39 bits per heavy atom. The molecule has 0 fully saturated rings. The van der Waals surface area contributed by atoms with Crippen molar-refractivity contribution in [2.75, 3.05) is 11.1 Å². The van der Waals surface area contributed by atoms with Crippen LogP contribution in [0.2, 0.25) is 0 Å². The first-order valence-electron chi connectivity index (χ1n) is 6.46. The third kappa shape index (κ3) is 3.63. The second-order valence-electron chi connectivity index (χ2n) is 4.59. The minimum atomic E-state index is -0.100. The molecule has 4 nitrogen and oxygen atoms in total. The molecule has 0 atom stereocenters. The van der Waals surface area contributed by atoms with Crippen LogP contribution in [0, 0.1) is 5.41 Å². The van der Waals surface area contributed by atoms with Crippen molar-refractivity contribution in [3.05, 3.63) is 10.5 Å². The van der Waals surface area contributed by atoms with Crippen LogP contribution in [0.5, 0.6) is 0 Å². The maximum atomic E-state index is 11.6. The highest BCUT2D eigenvalue weighted by Gasteiger charge is 2.26. The largest absolute Gasteiger partial charge is 0.343 e. The van der Waals surface area contributed by atoms with E-state index in [0.29, 0.717) is 0 Å². The highest BCUT2D eigenvalue weighted by atomic mass is 79.9. The summed E-state index contributed by atoms with van der Waals surface area (Å²) in [4.78, 5) is 11.6. The number of rotatable bonds is 8. The quantitative estimate of drug-likeness (QED) is 0.585. The molecule has 0 radical (unpaired) electrons. The molecular formula is C12H22BrN3OS. The molecule has 0 amide bonds. The molecule has 1 aromatic heterocycles. The lowest BCUT2D eigenvalue weighted by atomic mass is 9.87. The van der Waals surface area contributed by atoms with Crippen molar-refractivity contribution in [1.29, 1.82) is 0 Å². The van der Waals surface area contributed by atoms with Gasteiger partial charge in [-0.2, -0.15) is 0 Å². The minimum absolute atomic E-state index is 0.100. The van der Waals surface area contributed by atoms with Gasteiger partial charge in [0.05, 0.1) is 0 Å². The molecule has 0 aliphatic rings. The first-order valence-corrected chi connectivity index (χ1v) is 8.57. The molecule has 0 unspecified atom stereocenters. The van der Waals surface area contributed by atoms with Crippen LogP contribution >= 0.6 is 27.7 Å². The van der Waals surface area contributed by atoms with Gasteiger partial charge in [0.25, 0.3) is 0 Å². The van der Waals surface area contributed by atoms with Crippen molar-refractivity contribution in [2.24, 2.45) is 5.41 Å².